The highest BCUT2D eigenvalue weighted by Crippen LogP contribution is 2.29. The normalized spacial score (nSPS) is 11.5. The summed E-state index contributed by atoms with van der Waals surface area (Å²) in [5.41, 5.74) is 3.10. The monoisotopic (exact) mass is 438 g/mol. The van der Waals surface area contributed by atoms with Gasteiger partial charge >= 0.3 is 0 Å². The van der Waals surface area contributed by atoms with E-state index in [1.807, 2.05) is 30.3 Å². The highest BCUT2D eigenvalue weighted by atomic mass is 31.0. The van der Waals surface area contributed by atoms with Gasteiger partial charge < -0.3 is 15.4 Å². The molecule has 1 heterocycles. The van der Waals surface area contributed by atoms with Crippen LogP contribution in [0.5, 0.6) is 11.6 Å². The number of alkyl halides is 1. The first-order valence-corrected chi connectivity index (χ1v) is 10.4. The molecule has 0 saturated heterocycles. The molecule has 2 unspecified atom stereocenters. The fraction of sp³-hybridized carbons (Fsp3) is 0.174. The second-order valence-electron chi connectivity index (χ2n) is 6.78. The average molecular weight is 438 g/mol. The minimum atomic E-state index is -1.11. The summed E-state index contributed by atoms with van der Waals surface area (Å²) >= 11 is 0. The molecule has 3 rings (SSSR count). The average Bonchev–Trinajstić information content (AvgIpc) is 2.75. The van der Waals surface area contributed by atoms with Crippen LogP contribution in [-0.4, -0.2) is 15.9 Å². The second kappa shape index (κ2) is 10.6. The first-order valence-electron chi connectivity index (χ1n) is 9.76. The van der Waals surface area contributed by atoms with Crippen molar-refractivity contribution in [1.29, 1.82) is 0 Å². The Hall–Kier alpha value is -3.31. The number of rotatable bonds is 9. The number of carbonyl (C=O) groups excluding carboxylic acids is 1. The van der Waals surface area contributed by atoms with E-state index >= 15 is 0 Å². The molecule has 3 aromatic rings. The van der Waals surface area contributed by atoms with Crippen molar-refractivity contribution < 1.29 is 13.9 Å². The van der Waals surface area contributed by atoms with Gasteiger partial charge in [-0.2, -0.15) is 0 Å². The Morgan fingerprint density at radius 3 is 2.61 bits per heavy atom. The highest BCUT2D eigenvalue weighted by Gasteiger charge is 2.10. The van der Waals surface area contributed by atoms with Gasteiger partial charge in [-0.3, -0.25) is 4.79 Å². The van der Waals surface area contributed by atoms with Crippen LogP contribution in [-0.2, 0) is 11.2 Å². The van der Waals surface area contributed by atoms with Crippen LogP contribution >= 0.6 is 9.24 Å². The van der Waals surface area contributed by atoms with Crippen molar-refractivity contribution in [1.82, 2.24) is 9.97 Å². The van der Waals surface area contributed by atoms with Crippen molar-refractivity contribution in [3.05, 3.63) is 84.3 Å². The zero-order valence-corrected chi connectivity index (χ0v) is 18.3. The van der Waals surface area contributed by atoms with E-state index in [0.29, 0.717) is 35.9 Å². The predicted molar refractivity (Wildman–Crippen MR) is 124 cm³/mol. The molecule has 1 amide bonds. The molecule has 2 aromatic carbocycles. The summed E-state index contributed by atoms with van der Waals surface area (Å²) in [4.78, 5) is 19.6. The van der Waals surface area contributed by atoms with Crippen molar-refractivity contribution >= 4 is 26.7 Å². The van der Waals surface area contributed by atoms with Gasteiger partial charge in [-0.05, 0) is 35.4 Å². The molecule has 0 radical (unpaired) electrons. The van der Waals surface area contributed by atoms with Crippen LogP contribution < -0.4 is 15.4 Å². The molecule has 8 heteroatoms. The minimum absolute atomic E-state index is 0.136. The maximum absolute atomic E-state index is 13.8. The molecule has 31 heavy (non-hydrogen) atoms. The van der Waals surface area contributed by atoms with Gasteiger partial charge in [0, 0.05) is 30.3 Å². The number of hydrogen-bond donors (Lipinski definition) is 2. The van der Waals surface area contributed by atoms with Crippen LogP contribution in [0.25, 0.3) is 0 Å². The van der Waals surface area contributed by atoms with E-state index in [4.69, 9.17) is 4.74 Å². The Kier molecular flexibility index (Phi) is 7.68. The highest BCUT2D eigenvalue weighted by molar-refractivity contribution is 7.16. The number of carbonyl (C=O) groups is 1. The number of hydrogen-bond acceptors (Lipinski definition) is 5. The Labute approximate surface area is 183 Å². The molecule has 2 atom stereocenters. The number of nitrogens with one attached hydrogen (secondary N) is 2. The van der Waals surface area contributed by atoms with Crippen LogP contribution in [0, 0.1) is 0 Å². The van der Waals surface area contributed by atoms with Gasteiger partial charge in [-0.15, -0.1) is 0 Å². The topological polar surface area (TPSA) is 76.1 Å². The van der Waals surface area contributed by atoms with Crippen LogP contribution in [0.15, 0.2) is 73.2 Å². The summed E-state index contributed by atoms with van der Waals surface area (Å²) in [6.07, 6.45) is 2.20. The lowest BCUT2D eigenvalue weighted by Gasteiger charge is -2.14. The maximum atomic E-state index is 13.8. The van der Waals surface area contributed by atoms with Gasteiger partial charge in [0.2, 0.25) is 11.8 Å². The number of nitrogens with zero attached hydrogens (tertiary/aromatic N) is 2. The summed E-state index contributed by atoms with van der Waals surface area (Å²) in [7, 11) is 2.18. The number of allylic oxidation sites excluding steroid dienone is 1. The Balaban J connectivity index is 1.60. The molecule has 0 spiro atoms. The van der Waals surface area contributed by atoms with Crippen molar-refractivity contribution in [3.63, 3.8) is 0 Å². The van der Waals surface area contributed by atoms with Crippen LogP contribution in [0.4, 0.5) is 15.9 Å². The SMILES string of the molecule is C=C(Cc1ccccc1C(F)P)Nc1ccc(Oc2cc(NC(=O)CC)ncn2)cc1. The molecule has 0 bridgehead atoms. The Morgan fingerprint density at radius 2 is 1.90 bits per heavy atom. The smallest absolute Gasteiger partial charge is 0.225 e. The number of anilines is 2. The Bertz CT molecular complexity index is 1060. The third-order valence-electron chi connectivity index (χ3n) is 4.38. The standard InChI is InChI=1S/C23H24FN4O2P/c1-3-21(29)28-20-13-22(26-14-25-20)30-18-10-8-17(9-11-18)27-15(2)12-16-6-4-5-7-19(16)23(24)31/h4-11,13-14,23,27H,2-3,12,31H2,1H3,(H,25,26,28,29). The molecule has 0 aliphatic carbocycles. The van der Waals surface area contributed by atoms with Crippen LogP contribution in [0.3, 0.4) is 0 Å². The summed E-state index contributed by atoms with van der Waals surface area (Å²) in [5.74, 6) is 0.0333. The number of benzene rings is 2. The number of halogens is 1. The van der Waals surface area contributed by atoms with Crippen molar-refractivity contribution in [3.8, 4) is 11.6 Å². The van der Waals surface area contributed by atoms with Crippen LogP contribution in [0.1, 0.15) is 30.4 Å². The zero-order chi connectivity index (χ0) is 22.2. The summed E-state index contributed by atoms with van der Waals surface area (Å²) in [6.45, 7) is 5.81. The first-order chi connectivity index (χ1) is 14.9. The fourth-order valence-electron chi connectivity index (χ4n) is 2.86. The summed E-state index contributed by atoms with van der Waals surface area (Å²) in [5, 5.41) is 5.90. The predicted octanol–water partition coefficient (Wildman–Crippen LogP) is 5.63. The van der Waals surface area contributed by atoms with Gasteiger partial charge in [-0.1, -0.05) is 47.0 Å². The lowest BCUT2D eigenvalue weighted by atomic mass is 10.0. The number of aromatic nitrogens is 2. The molecule has 6 nitrogen and oxygen atoms in total. The molecule has 0 aliphatic rings. The zero-order valence-electron chi connectivity index (χ0n) is 17.1. The van der Waals surface area contributed by atoms with E-state index in [-0.39, 0.29) is 5.91 Å². The quantitative estimate of drug-likeness (QED) is 0.424. The fourth-order valence-corrected chi connectivity index (χ4v) is 3.19. The molecule has 0 aliphatic heterocycles. The van der Waals surface area contributed by atoms with Crippen molar-refractivity contribution in [2.75, 3.05) is 10.6 Å². The third-order valence-corrected chi connectivity index (χ3v) is 4.74. The second-order valence-corrected chi connectivity index (χ2v) is 7.36. The van der Waals surface area contributed by atoms with Crippen molar-refractivity contribution in [2.24, 2.45) is 0 Å². The van der Waals surface area contributed by atoms with Crippen molar-refractivity contribution in [2.45, 2.75) is 25.7 Å². The lowest BCUT2D eigenvalue weighted by Crippen LogP contribution is -2.10. The van der Waals surface area contributed by atoms with Gasteiger partial charge in [-0.25, -0.2) is 14.4 Å². The van der Waals surface area contributed by atoms with Gasteiger partial charge in [0.25, 0.3) is 0 Å². The largest absolute Gasteiger partial charge is 0.439 e. The van der Waals surface area contributed by atoms with E-state index < -0.39 is 5.91 Å². The lowest BCUT2D eigenvalue weighted by molar-refractivity contribution is -0.115. The maximum Gasteiger partial charge on any atom is 0.225 e. The van der Waals surface area contributed by atoms with E-state index in [1.54, 1.807) is 31.2 Å². The van der Waals surface area contributed by atoms with Gasteiger partial charge in [0.1, 0.15) is 23.8 Å². The number of ether oxygens (including phenoxy) is 1. The number of amides is 1. The summed E-state index contributed by atoms with van der Waals surface area (Å²) < 4.78 is 19.5. The molecular formula is C23H24FN4O2P. The van der Waals surface area contributed by atoms with E-state index in [2.05, 4.69) is 36.4 Å². The van der Waals surface area contributed by atoms with E-state index in [0.717, 1.165) is 16.9 Å². The molecule has 1 aromatic heterocycles. The minimum Gasteiger partial charge on any atom is -0.439 e. The first kappa shape index (κ1) is 22.4. The third kappa shape index (κ3) is 6.59. The molecule has 2 N–H and O–H groups in total. The summed E-state index contributed by atoms with van der Waals surface area (Å²) in [6, 6.07) is 16.2. The van der Waals surface area contributed by atoms with Crippen LogP contribution in [0.2, 0.25) is 0 Å². The van der Waals surface area contributed by atoms with Gasteiger partial charge in [0.15, 0.2) is 0 Å². The molecule has 160 valence electrons. The molecule has 0 fully saturated rings. The van der Waals surface area contributed by atoms with Gasteiger partial charge in [0.05, 0.1) is 0 Å². The van der Waals surface area contributed by atoms with E-state index in [1.165, 1.54) is 6.33 Å². The molecular weight excluding hydrogens is 414 g/mol. The Morgan fingerprint density at radius 1 is 1.16 bits per heavy atom. The molecule has 0 saturated carbocycles. The van der Waals surface area contributed by atoms with E-state index in [9.17, 15) is 9.18 Å².